The molecule has 1 aromatic heterocycles. The second-order valence-corrected chi connectivity index (χ2v) is 4.58. The first kappa shape index (κ1) is 18.0. The number of hydrogen-bond acceptors (Lipinski definition) is 4. The molecule has 0 aliphatic carbocycles. The van der Waals surface area contributed by atoms with Gasteiger partial charge in [0.05, 0.1) is 0 Å². The average molecular weight is 351 g/mol. The minimum absolute atomic E-state index is 0.0472. The molecule has 0 saturated carbocycles. The molecule has 130 valence electrons. The Balaban J connectivity index is 1.96. The van der Waals surface area contributed by atoms with Gasteiger partial charge in [0.25, 0.3) is 11.8 Å². The van der Waals surface area contributed by atoms with Gasteiger partial charge in [0, 0.05) is 17.8 Å². The van der Waals surface area contributed by atoms with E-state index in [1.165, 1.54) is 30.5 Å². The summed E-state index contributed by atoms with van der Waals surface area (Å²) in [7, 11) is 0. The number of hydrazine groups is 1. The van der Waals surface area contributed by atoms with E-state index in [4.69, 9.17) is 0 Å². The predicted octanol–water partition coefficient (Wildman–Crippen LogP) is 2.45. The Hall–Kier alpha value is -3.36. The molecule has 6 nitrogen and oxygen atoms in total. The van der Waals surface area contributed by atoms with Gasteiger partial charge in [0.15, 0.2) is 0 Å². The lowest BCUT2D eigenvalue weighted by molar-refractivity contribution is -0.274. The van der Waals surface area contributed by atoms with E-state index < -0.39 is 23.9 Å². The van der Waals surface area contributed by atoms with Crippen LogP contribution in [-0.2, 0) is 4.79 Å². The predicted molar refractivity (Wildman–Crippen MR) is 82.0 cm³/mol. The van der Waals surface area contributed by atoms with Crippen LogP contribution in [0.3, 0.4) is 0 Å². The van der Waals surface area contributed by atoms with Crippen molar-refractivity contribution in [2.45, 2.75) is 6.36 Å². The molecule has 2 aromatic rings. The van der Waals surface area contributed by atoms with Crippen molar-refractivity contribution in [2.24, 2.45) is 0 Å². The maximum absolute atomic E-state index is 12.3. The number of aromatic nitrogens is 1. The van der Waals surface area contributed by atoms with Crippen LogP contribution in [0, 0.1) is 0 Å². The van der Waals surface area contributed by atoms with E-state index in [0.717, 1.165) is 18.2 Å². The minimum atomic E-state index is -4.84. The Morgan fingerprint density at radius 3 is 2.44 bits per heavy atom. The van der Waals surface area contributed by atoms with Crippen molar-refractivity contribution in [1.29, 1.82) is 0 Å². The van der Waals surface area contributed by atoms with Gasteiger partial charge in [-0.15, -0.1) is 13.2 Å². The third-order valence-corrected chi connectivity index (χ3v) is 2.76. The Bertz CT molecular complexity index is 777. The zero-order valence-electron chi connectivity index (χ0n) is 12.6. The molecule has 0 aliphatic heterocycles. The molecule has 0 bridgehead atoms. The molecule has 0 spiro atoms. The number of alkyl halides is 3. The Morgan fingerprint density at radius 1 is 1.04 bits per heavy atom. The van der Waals surface area contributed by atoms with Gasteiger partial charge in [0.1, 0.15) is 11.4 Å². The topological polar surface area (TPSA) is 80.3 Å². The summed E-state index contributed by atoms with van der Waals surface area (Å²) in [5.74, 6) is -1.83. The fraction of sp³-hybridized carbons (Fsp3) is 0.0625. The molecule has 0 unspecified atom stereocenters. The van der Waals surface area contributed by atoms with E-state index in [1.54, 1.807) is 12.1 Å². The maximum atomic E-state index is 12.3. The van der Waals surface area contributed by atoms with E-state index in [2.05, 4.69) is 20.6 Å². The van der Waals surface area contributed by atoms with Gasteiger partial charge >= 0.3 is 6.36 Å². The second-order valence-electron chi connectivity index (χ2n) is 4.58. The molecule has 25 heavy (non-hydrogen) atoms. The monoisotopic (exact) mass is 351 g/mol. The van der Waals surface area contributed by atoms with Gasteiger partial charge in [-0.05, 0) is 24.3 Å². The lowest BCUT2D eigenvalue weighted by atomic mass is 10.2. The van der Waals surface area contributed by atoms with Crippen molar-refractivity contribution < 1.29 is 27.5 Å². The van der Waals surface area contributed by atoms with Gasteiger partial charge in [0.2, 0.25) is 0 Å². The summed E-state index contributed by atoms with van der Waals surface area (Å²) in [4.78, 5) is 27.1. The maximum Gasteiger partial charge on any atom is 0.573 e. The number of carbonyl (C=O) groups is 2. The number of amides is 2. The van der Waals surface area contributed by atoms with Crippen LogP contribution in [0.15, 0.2) is 54.7 Å². The van der Waals surface area contributed by atoms with Crippen LogP contribution in [0.2, 0.25) is 0 Å². The smallest absolute Gasteiger partial charge is 0.405 e. The molecule has 0 fully saturated rings. The molecule has 9 heteroatoms. The molecule has 2 N–H and O–H groups in total. The van der Waals surface area contributed by atoms with Gasteiger partial charge in [-0.25, -0.2) is 0 Å². The van der Waals surface area contributed by atoms with Crippen LogP contribution >= 0.6 is 0 Å². The number of rotatable bonds is 4. The highest BCUT2D eigenvalue weighted by Crippen LogP contribution is 2.26. The van der Waals surface area contributed by atoms with E-state index in [9.17, 15) is 22.8 Å². The van der Waals surface area contributed by atoms with Crippen molar-refractivity contribution in [3.05, 3.63) is 66.0 Å². The lowest BCUT2D eigenvalue weighted by Crippen LogP contribution is -2.41. The van der Waals surface area contributed by atoms with Gasteiger partial charge in [-0.2, -0.15) is 0 Å². The van der Waals surface area contributed by atoms with Crippen molar-refractivity contribution in [3.63, 3.8) is 0 Å². The third-order valence-electron chi connectivity index (χ3n) is 2.76. The van der Waals surface area contributed by atoms with Crippen LogP contribution in [0.25, 0.3) is 6.08 Å². The first-order valence-corrected chi connectivity index (χ1v) is 6.89. The van der Waals surface area contributed by atoms with Crippen LogP contribution in [0.1, 0.15) is 16.1 Å². The van der Waals surface area contributed by atoms with Crippen molar-refractivity contribution in [1.82, 2.24) is 15.8 Å². The first-order valence-electron chi connectivity index (χ1n) is 6.89. The Morgan fingerprint density at radius 2 is 1.76 bits per heavy atom. The van der Waals surface area contributed by atoms with Crippen LogP contribution in [0.4, 0.5) is 13.2 Å². The highest BCUT2D eigenvalue weighted by atomic mass is 19.4. The molecule has 1 heterocycles. The fourth-order valence-electron chi connectivity index (χ4n) is 1.72. The number of ether oxygens (including phenoxy) is 1. The lowest BCUT2D eigenvalue weighted by Gasteiger charge is -2.11. The summed E-state index contributed by atoms with van der Waals surface area (Å²) < 4.78 is 40.8. The molecule has 2 amide bonds. The number of nitrogens with one attached hydrogen (secondary N) is 2. The minimum Gasteiger partial charge on any atom is -0.405 e. The normalized spacial score (nSPS) is 11.2. The average Bonchev–Trinajstić information content (AvgIpc) is 2.58. The number of halogens is 3. The zero-order valence-corrected chi connectivity index (χ0v) is 12.6. The van der Waals surface area contributed by atoms with Crippen LogP contribution < -0.4 is 15.6 Å². The van der Waals surface area contributed by atoms with Crippen LogP contribution in [0.5, 0.6) is 5.75 Å². The van der Waals surface area contributed by atoms with Gasteiger partial charge < -0.3 is 4.74 Å². The highest BCUT2D eigenvalue weighted by Gasteiger charge is 2.31. The summed E-state index contributed by atoms with van der Waals surface area (Å²) in [5.41, 5.74) is 4.36. The number of pyridine rings is 1. The molecule has 0 aliphatic rings. The van der Waals surface area contributed by atoms with Crippen molar-refractivity contribution >= 4 is 17.9 Å². The standard InChI is InChI=1S/C16H12F3N3O3/c17-16(18,19)25-13-7-2-1-5-11(13)8-9-14(23)21-22-15(24)12-6-3-4-10-20-12/h1-10H,(H,21,23)(H,22,24). The summed E-state index contributed by atoms with van der Waals surface area (Å²) in [6.07, 6.45) is -1.35. The van der Waals surface area contributed by atoms with Gasteiger partial charge in [-0.3, -0.25) is 25.4 Å². The second kappa shape index (κ2) is 7.95. The molecular formula is C16H12F3N3O3. The number of carbonyl (C=O) groups excluding carboxylic acids is 2. The quantitative estimate of drug-likeness (QED) is 0.655. The summed E-state index contributed by atoms with van der Waals surface area (Å²) in [6, 6.07) is 9.99. The summed E-state index contributed by atoms with van der Waals surface area (Å²) in [5, 5.41) is 0. The number of hydrogen-bond donors (Lipinski definition) is 2. The highest BCUT2D eigenvalue weighted by molar-refractivity contribution is 5.97. The molecule has 1 aromatic carbocycles. The Labute approximate surface area is 140 Å². The Kier molecular flexibility index (Phi) is 5.72. The molecule has 0 radical (unpaired) electrons. The zero-order chi connectivity index (χ0) is 18.3. The summed E-state index contributed by atoms with van der Waals surface area (Å²) >= 11 is 0. The first-order chi connectivity index (χ1) is 11.8. The van der Waals surface area contributed by atoms with E-state index in [1.807, 2.05) is 0 Å². The number of nitrogens with zero attached hydrogens (tertiary/aromatic N) is 1. The fourth-order valence-corrected chi connectivity index (χ4v) is 1.72. The van der Waals surface area contributed by atoms with Crippen molar-refractivity contribution in [3.8, 4) is 5.75 Å². The van der Waals surface area contributed by atoms with Crippen LogP contribution in [-0.4, -0.2) is 23.2 Å². The SMILES string of the molecule is O=C(C=Cc1ccccc1OC(F)(F)F)NNC(=O)c1ccccn1. The number of para-hydroxylation sites is 1. The molecule has 0 saturated heterocycles. The van der Waals surface area contributed by atoms with E-state index in [0.29, 0.717) is 0 Å². The van der Waals surface area contributed by atoms with E-state index in [-0.39, 0.29) is 11.3 Å². The summed E-state index contributed by atoms with van der Waals surface area (Å²) in [6.45, 7) is 0. The number of benzene rings is 1. The van der Waals surface area contributed by atoms with E-state index >= 15 is 0 Å². The largest absolute Gasteiger partial charge is 0.573 e. The molecule has 2 rings (SSSR count). The third kappa shape index (κ3) is 5.98. The molecule has 0 atom stereocenters. The van der Waals surface area contributed by atoms with Crippen molar-refractivity contribution in [2.75, 3.05) is 0 Å². The van der Waals surface area contributed by atoms with Gasteiger partial charge in [-0.1, -0.05) is 24.3 Å². The molecular weight excluding hydrogens is 339 g/mol.